The Morgan fingerprint density at radius 1 is 1.35 bits per heavy atom. The van der Waals surface area contributed by atoms with Gasteiger partial charge in [0.25, 0.3) is 0 Å². The maximum atomic E-state index is 13.3. The van der Waals surface area contributed by atoms with Gasteiger partial charge in [0.2, 0.25) is 0 Å². The number of benzene rings is 2. The van der Waals surface area contributed by atoms with Gasteiger partial charge in [-0.05, 0) is 53.0 Å². The van der Waals surface area contributed by atoms with Crippen molar-refractivity contribution < 1.29 is 9.13 Å². The van der Waals surface area contributed by atoms with Crippen LogP contribution in [0.3, 0.4) is 0 Å². The Balaban J connectivity index is 2.39. The second kappa shape index (κ2) is 6.57. The molecule has 0 saturated carbocycles. The zero-order valence-corrected chi connectivity index (χ0v) is 13.2. The summed E-state index contributed by atoms with van der Waals surface area (Å²) >= 11 is 9.51. The van der Waals surface area contributed by atoms with Crippen LogP contribution in [0.5, 0.6) is 11.5 Å². The van der Waals surface area contributed by atoms with Crippen molar-refractivity contribution in [3.05, 3.63) is 57.3 Å². The maximum Gasteiger partial charge on any atom is 0.149 e. The lowest BCUT2D eigenvalue weighted by molar-refractivity contribution is 0.466. The first-order valence-electron chi connectivity index (χ1n) is 6.13. The first-order chi connectivity index (χ1) is 9.47. The molecule has 0 amide bonds. The number of halogens is 3. The topological polar surface area (TPSA) is 35.2 Å². The summed E-state index contributed by atoms with van der Waals surface area (Å²) in [6, 6.07) is 9.70. The smallest absolute Gasteiger partial charge is 0.149 e. The second-order valence-electron chi connectivity index (χ2n) is 4.59. The van der Waals surface area contributed by atoms with Gasteiger partial charge in [-0.3, -0.25) is 0 Å². The Kier molecular flexibility index (Phi) is 5.02. The summed E-state index contributed by atoms with van der Waals surface area (Å²) in [4.78, 5) is 0. The van der Waals surface area contributed by atoms with Gasteiger partial charge in [0.05, 0.1) is 9.50 Å². The van der Waals surface area contributed by atoms with Crippen molar-refractivity contribution in [2.45, 2.75) is 19.4 Å². The van der Waals surface area contributed by atoms with Crippen LogP contribution in [0.1, 0.15) is 12.5 Å². The first kappa shape index (κ1) is 15.3. The number of nitrogens with two attached hydrogens (primary N) is 1. The van der Waals surface area contributed by atoms with E-state index >= 15 is 0 Å². The Morgan fingerprint density at radius 2 is 2.10 bits per heavy atom. The third-order valence-corrected chi connectivity index (χ3v) is 3.65. The van der Waals surface area contributed by atoms with E-state index in [1.807, 2.05) is 19.1 Å². The predicted octanol–water partition coefficient (Wildman–Crippen LogP) is 4.92. The molecule has 0 saturated heterocycles. The van der Waals surface area contributed by atoms with Crippen LogP contribution in [-0.4, -0.2) is 6.04 Å². The van der Waals surface area contributed by atoms with Crippen molar-refractivity contribution in [1.82, 2.24) is 0 Å². The van der Waals surface area contributed by atoms with E-state index in [1.165, 1.54) is 12.1 Å². The molecule has 2 N–H and O–H groups in total. The van der Waals surface area contributed by atoms with Gasteiger partial charge < -0.3 is 10.5 Å². The summed E-state index contributed by atoms with van der Waals surface area (Å²) in [6.45, 7) is 1.91. The molecule has 0 radical (unpaired) electrons. The summed E-state index contributed by atoms with van der Waals surface area (Å²) in [7, 11) is 0. The minimum atomic E-state index is -0.371. The van der Waals surface area contributed by atoms with Gasteiger partial charge >= 0.3 is 0 Å². The molecule has 2 rings (SSSR count). The van der Waals surface area contributed by atoms with Crippen LogP contribution in [-0.2, 0) is 6.42 Å². The zero-order chi connectivity index (χ0) is 14.7. The number of rotatable bonds is 4. The van der Waals surface area contributed by atoms with Gasteiger partial charge in [-0.25, -0.2) is 4.39 Å². The molecule has 0 bridgehead atoms. The molecule has 2 aromatic rings. The van der Waals surface area contributed by atoms with Crippen LogP contribution in [0.2, 0.25) is 5.02 Å². The highest BCUT2D eigenvalue weighted by atomic mass is 79.9. The van der Waals surface area contributed by atoms with Gasteiger partial charge in [-0.15, -0.1) is 0 Å². The zero-order valence-electron chi connectivity index (χ0n) is 10.9. The number of ether oxygens (including phenoxy) is 1. The molecular weight excluding hydrogens is 345 g/mol. The van der Waals surface area contributed by atoms with E-state index in [1.54, 1.807) is 12.1 Å². The molecule has 5 heteroatoms. The molecule has 1 atom stereocenters. The Morgan fingerprint density at radius 3 is 2.80 bits per heavy atom. The lowest BCUT2D eigenvalue weighted by Crippen LogP contribution is -2.18. The van der Waals surface area contributed by atoms with E-state index in [9.17, 15) is 4.39 Å². The summed E-state index contributed by atoms with van der Waals surface area (Å²) in [6.07, 6.45) is 0.628. The average molecular weight is 359 g/mol. The lowest BCUT2D eigenvalue weighted by atomic mass is 10.1. The monoisotopic (exact) mass is 357 g/mol. The minimum absolute atomic E-state index is 0.0215. The van der Waals surface area contributed by atoms with Gasteiger partial charge in [0.1, 0.15) is 17.3 Å². The van der Waals surface area contributed by atoms with Gasteiger partial charge in [-0.2, -0.15) is 0 Å². The Bertz CT molecular complexity index is 619. The van der Waals surface area contributed by atoms with Gasteiger partial charge in [-0.1, -0.05) is 23.7 Å². The summed E-state index contributed by atoms with van der Waals surface area (Å²) in [5.74, 6) is 0.519. The van der Waals surface area contributed by atoms with E-state index in [-0.39, 0.29) is 11.9 Å². The standard InChI is InChI=1S/C15H14BrClFNO/c1-9(19)7-10-3-2-4-13(17)15(10)20-14-8-11(18)5-6-12(14)16/h2-6,8-9H,7,19H2,1H3. The van der Waals surface area contributed by atoms with Crippen molar-refractivity contribution >= 4 is 27.5 Å². The van der Waals surface area contributed by atoms with Crippen molar-refractivity contribution in [2.24, 2.45) is 5.73 Å². The number of para-hydroxylation sites is 1. The molecule has 0 heterocycles. The van der Waals surface area contributed by atoms with E-state index in [2.05, 4.69) is 15.9 Å². The maximum absolute atomic E-state index is 13.3. The molecule has 2 nitrogen and oxygen atoms in total. The highest BCUT2D eigenvalue weighted by Crippen LogP contribution is 2.36. The normalized spacial score (nSPS) is 12.2. The molecular formula is C15H14BrClFNO. The predicted molar refractivity (Wildman–Crippen MR) is 83.0 cm³/mol. The average Bonchev–Trinajstić information content (AvgIpc) is 2.37. The third-order valence-electron chi connectivity index (χ3n) is 2.70. The van der Waals surface area contributed by atoms with Crippen molar-refractivity contribution in [3.63, 3.8) is 0 Å². The van der Waals surface area contributed by atoms with Crippen LogP contribution in [0.25, 0.3) is 0 Å². The van der Waals surface area contributed by atoms with Crippen LogP contribution < -0.4 is 10.5 Å². The number of hydrogen-bond acceptors (Lipinski definition) is 2. The van der Waals surface area contributed by atoms with E-state index < -0.39 is 0 Å². The van der Waals surface area contributed by atoms with Crippen LogP contribution in [0, 0.1) is 5.82 Å². The van der Waals surface area contributed by atoms with Crippen molar-refractivity contribution in [3.8, 4) is 11.5 Å². The van der Waals surface area contributed by atoms with Crippen LogP contribution >= 0.6 is 27.5 Å². The van der Waals surface area contributed by atoms with E-state index in [0.29, 0.717) is 27.4 Å². The first-order valence-corrected chi connectivity index (χ1v) is 7.30. The highest BCUT2D eigenvalue weighted by Gasteiger charge is 2.13. The van der Waals surface area contributed by atoms with Crippen molar-refractivity contribution in [1.29, 1.82) is 0 Å². The summed E-state index contributed by atoms with van der Waals surface area (Å²) in [5.41, 5.74) is 6.72. The molecule has 0 fully saturated rings. The van der Waals surface area contributed by atoms with E-state index in [4.69, 9.17) is 22.1 Å². The quantitative estimate of drug-likeness (QED) is 0.841. The minimum Gasteiger partial charge on any atom is -0.454 e. The SMILES string of the molecule is CC(N)Cc1cccc(Cl)c1Oc1cc(F)ccc1Br. The second-order valence-corrected chi connectivity index (χ2v) is 5.85. The molecule has 106 valence electrons. The molecule has 1 unspecified atom stereocenters. The Labute approximate surface area is 130 Å². The molecule has 0 aliphatic rings. The molecule has 0 spiro atoms. The molecule has 20 heavy (non-hydrogen) atoms. The fraction of sp³-hybridized carbons (Fsp3) is 0.200. The fourth-order valence-electron chi connectivity index (χ4n) is 1.84. The van der Waals surface area contributed by atoms with Gasteiger partial charge in [0.15, 0.2) is 0 Å². The lowest BCUT2D eigenvalue weighted by Gasteiger charge is -2.15. The number of hydrogen-bond donors (Lipinski definition) is 1. The van der Waals surface area contributed by atoms with Gasteiger partial charge in [0, 0.05) is 12.1 Å². The van der Waals surface area contributed by atoms with Crippen LogP contribution in [0.15, 0.2) is 40.9 Å². The third kappa shape index (κ3) is 3.72. The fourth-order valence-corrected chi connectivity index (χ4v) is 2.40. The molecule has 0 aliphatic carbocycles. The Hall–Kier alpha value is -1.10. The van der Waals surface area contributed by atoms with Crippen LogP contribution in [0.4, 0.5) is 4.39 Å². The largest absolute Gasteiger partial charge is 0.454 e. The molecule has 0 aliphatic heterocycles. The summed E-state index contributed by atoms with van der Waals surface area (Å²) < 4.78 is 19.7. The molecule has 0 aromatic heterocycles. The highest BCUT2D eigenvalue weighted by molar-refractivity contribution is 9.10. The van der Waals surface area contributed by atoms with Crippen molar-refractivity contribution in [2.75, 3.05) is 0 Å². The van der Waals surface area contributed by atoms with E-state index in [0.717, 1.165) is 5.56 Å². The summed E-state index contributed by atoms with van der Waals surface area (Å²) in [5, 5.41) is 0.472. The molecule has 2 aromatic carbocycles.